The summed E-state index contributed by atoms with van der Waals surface area (Å²) < 4.78 is 16.1. The molecule has 4 rings (SSSR count). The van der Waals surface area contributed by atoms with Crippen LogP contribution >= 0.6 is 23.6 Å². The molecule has 0 amide bonds. The number of anilines is 1. The summed E-state index contributed by atoms with van der Waals surface area (Å²) in [6, 6.07) is 15.6. The second-order valence-corrected chi connectivity index (χ2v) is 8.45. The fourth-order valence-corrected chi connectivity index (χ4v) is 4.67. The van der Waals surface area contributed by atoms with Crippen LogP contribution in [0, 0.1) is 6.92 Å². The van der Waals surface area contributed by atoms with E-state index in [0.29, 0.717) is 28.8 Å². The number of aryl methyl sites for hydroxylation is 1. The Morgan fingerprint density at radius 1 is 1.16 bits per heavy atom. The van der Waals surface area contributed by atoms with E-state index in [9.17, 15) is 4.79 Å². The van der Waals surface area contributed by atoms with Gasteiger partial charge in [0.25, 0.3) is 0 Å². The van der Waals surface area contributed by atoms with E-state index >= 15 is 0 Å². The second kappa shape index (κ2) is 9.36. The summed E-state index contributed by atoms with van der Waals surface area (Å²) in [6.07, 6.45) is 0. The van der Waals surface area contributed by atoms with Crippen molar-refractivity contribution in [3.8, 4) is 22.6 Å². The summed E-state index contributed by atoms with van der Waals surface area (Å²) in [5, 5.41) is 7.45. The molecule has 0 spiro atoms. The van der Waals surface area contributed by atoms with Crippen molar-refractivity contribution < 1.29 is 19.0 Å². The maximum absolute atomic E-state index is 12.8. The molecule has 0 aliphatic carbocycles. The summed E-state index contributed by atoms with van der Waals surface area (Å²) in [4.78, 5) is 13.8. The van der Waals surface area contributed by atoms with Gasteiger partial charge in [0.15, 0.2) is 16.6 Å². The van der Waals surface area contributed by atoms with Crippen molar-refractivity contribution in [3.05, 3.63) is 64.5 Å². The highest BCUT2D eigenvalue weighted by Crippen LogP contribution is 2.40. The van der Waals surface area contributed by atoms with Crippen LogP contribution in [0.4, 0.5) is 5.00 Å². The smallest absolute Gasteiger partial charge is 0.341 e. The highest BCUT2D eigenvalue weighted by Gasteiger charge is 2.25. The average molecular weight is 455 g/mol. The zero-order valence-electron chi connectivity index (χ0n) is 17.2. The number of hydrogen-bond acceptors (Lipinski definition) is 6. The van der Waals surface area contributed by atoms with Crippen LogP contribution in [0.3, 0.4) is 0 Å². The third kappa shape index (κ3) is 4.65. The average Bonchev–Trinajstić information content (AvgIpc) is 3.36. The molecule has 0 bridgehead atoms. The topological polar surface area (TPSA) is 68.8 Å². The van der Waals surface area contributed by atoms with E-state index in [2.05, 4.69) is 10.6 Å². The molecule has 1 aliphatic heterocycles. The van der Waals surface area contributed by atoms with Gasteiger partial charge in [0.2, 0.25) is 6.79 Å². The predicted octanol–water partition coefficient (Wildman–Crippen LogP) is 5.12. The van der Waals surface area contributed by atoms with Gasteiger partial charge in [-0.3, -0.25) is 0 Å². The van der Waals surface area contributed by atoms with Gasteiger partial charge in [-0.1, -0.05) is 36.4 Å². The van der Waals surface area contributed by atoms with Crippen LogP contribution in [-0.4, -0.2) is 24.5 Å². The molecule has 2 heterocycles. The lowest BCUT2D eigenvalue weighted by molar-refractivity contribution is 0.0529. The van der Waals surface area contributed by atoms with Crippen LogP contribution in [0.1, 0.15) is 27.7 Å². The van der Waals surface area contributed by atoms with Crippen molar-refractivity contribution in [2.45, 2.75) is 20.4 Å². The van der Waals surface area contributed by atoms with Crippen LogP contribution < -0.4 is 20.1 Å². The summed E-state index contributed by atoms with van der Waals surface area (Å²) in [6.45, 7) is 4.83. The first-order valence-corrected chi connectivity index (χ1v) is 11.1. The molecule has 0 saturated heterocycles. The van der Waals surface area contributed by atoms with E-state index in [0.717, 1.165) is 33.1 Å². The van der Waals surface area contributed by atoms with Crippen molar-refractivity contribution in [1.82, 2.24) is 5.32 Å². The van der Waals surface area contributed by atoms with Gasteiger partial charge in [0.05, 0.1) is 6.61 Å². The van der Waals surface area contributed by atoms with Crippen LogP contribution in [0.5, 0.6) is 11.5 Å². The number of benzene rings is 2. The lowest BCUT2D eigenvalue weighted by Crippen LogP contribution is -2.28. The van der Waals surface area contributed by atoms with Crippen molar-refractivity contribution in [1.29, 1.82) is 0 Å². The largest absolute Gasteiger partial charge is 0.462 e. The van der Waals surface area contributed by atoms with E-state index in [1.54, 1.807) is 6.92 Å². The fourth-order valence-electron chi connectivity index (χ4n) is 3.36. The van der Waals surface area contributed by atoms with E-state index in [-0.39, 0.29) is 12.8 Å². The molecular formula is C23H22N2O4S2. The number of carbonyl (C=O) groups excluding carboxylic acids is 1. The summed E-state index contributed by atoms with van der Waals surface area (Å²) in [5.41, 5.74) is 3.34. The number of nitrogens with one attached hydrogen (secondary N) is 2. The molecule has 2 aromatic carbocycles. The molecule has 0 atom stereocenters. The van der Waals surface area contributed by atoms with Crippen molar-refractivity contribution in [3.63, 3.8) is 0 Å². The Hall–Kier alpha value is -3.10. The lowest BCUT2D eigenvalue weighted by atomic mass is 10.0. The highest BCUT2D eigenvalue weighted by atomic mass is 32.1. The van der Waals surface area contributed by atoms with Gasteiger partial charge in [-0.2, -0.15) is 0 Å². The zero-order valence-corrected chi connectivity index (χ0v) is 18.8. The minimum absolute atomic E-state index is 0.240. The van der Waals surface area contributed by atoms with Gasteiger partial charge in [0.1, 0.15) is 10.6 Å². The Morgan fingerprint density at radius 2 is 1.94 bits per heavy atom. The second-order valence-electron chi connectivity index (χ2n) is 6.82. The maximum Gasteiger partial charge on any atom is 0.341 e. The monoisotopic (exact) mass is 454 g/mol. The molecule has 31 heavy (non-hydrogen) atoms. The number of thiocarbonyl (C=S) groups is 1. The molecule has 6 nitrogen and oxygen atoms in total. The molecule has 0 radical (unpaired) electrons. The van der Waals surface area contributed by atoms with Crippen molar-refractivity contribution in [2.24, 2.45) is 0 Å². The molecule has 0 saturated carbocycles. The van der Waals surface area contributed by atoms with Crippen LogP contribution in [0.15, 0.2) is 48.5 Å². The Balaban J connectivity index is 1.53. The highest BCUT2D eigenvalue weighted by molar-refractivity contribution is 7.80. The molecule has 1 aromatic heterocycles. The molecule has 0 unspecified atom stereocenters. The third-order valence-corrected chi connectivity index (χ3v) is 6.01. The number of fused-ring (bicyclic) bond motifs is 1. The first kappa shape index (κ1) is 21.1. The molecule has 0 fully saturated rings. The van der Waals surface area contributed by atoms with E-state index in [4.69, 9.17) is 26.4 Å². The molecule has 8 heteroatoms. The van der Waals surface area contributed by atoms with E-state index in [1.165, 1.54) is 11.3 Å². The van der Waals surface area contributed by atoms with E-state index in [1.807, 2.05) is 55.5 Å². The van der Waals surface area contributed by atoms with E-state index < -0.39 is 0 Å². The third-order valence-electron chi connectivity index (χ3n) is 4.74. The number of rotatable bonds is 6. The fraction of sp³-hybridized carbons (Fsp3) is 0.217. The molecule has 1 aliphatic rings. The van der Waals surface area contributed by atoms with Gasteiger partial charge in [0, 0.05) is 17.0 Å². The van der Waals surface area contributed by atoms with Crippen molar-refractivity contribution >= 4 is 39.6 Å². The summed E-state index contributed by atoms with van der Waals surface area (Å²) in [5.74, 6) is 1.10. The van der Waals surface area contributed by atoms with Gasteiger partial charge in [-0.25, -0.2) is 4.79 Å². The Labute approximate surface area is 190 Å². The predicted molar refractivity (Wildman–Crippen MR) is 126 cm³/mol. The molecular weight excluding hydrogens is 432 g/mol. The number of thiophene rings is 1. The van der Waals surface area contributed by atoms with Gasteiger partial charge in [-0.15, -0.1) is 11.3 Å². The Kier molecular flexibility index (Phi) is 6.39. The number of ether oxygens (including phenoxy) is 3. The number of carbonyl (C=O) groups is 1. The Bertz CT molecular complexity index is 1110. The molecule has 2 N–H and O–H groups in total. The molecule has 3 aromatic rings. The first-order valence-electron chi connectivity index (χ1n) is 9.86. The first-order chi connectivity index (χ1) is 15.1. The SMILES string of the molecule is CCOC(=O)c1c(NC(=S)NCc2ccc3c(c2)OCO3)sc(C)c1-c1ccccc1. The maximum atomic E-state index is 12.8. The van der Waals surface area contributed by atoms with Crippen LogP contribution in [-0.2, 0) is 11.3 Å². The summed E-state index contributed by atoms with van der Waals surface area (Å²) >= 11 is 6.97. The van der Waals surface area contributed by atoms with Gasteiger partial charge in [-0.05, 0) is 49.3 Å². The summed E-state index contributed by atoms with van der Waals surface area (Å²) in [7, 11) is 0. The number of hydrogen-bond donors (Lipinski definition) is 2. The van der Waals surface area contributed by atoms with Gasteiger partial charge >= 0.3 is 5.97 Å². The minimum Gasteiger partial charge on any atom is -0.462 e. The minimum atomic E-state index is -0.369. The van der Waals surface area contributed by atoms with Crippen molar-refractivity contribution in [2.75, 3.05) is 18.7 Å². The standard InChI is InChI=1S/C23H22N2O4S2/c1-3-27-22(26)20-19(16-7-5-4-6-8-16)14(2)31-21(20)25-23(30)24-12-15-9-10-17-18(11-15)29-13-28-17/h4-11H,3,12-13H2,1-2H3,(H2,24,25,30). The quantitative estimate of drug-likeness (QED) is 0.396. The lowest BCUT2D eigenvalue weighted by Gasteiger charge is -2.12. The Morgan fingerprint density at radius 3 is 2.71 bits per heavy atom. The van der Waals surface area contributed by atoms with Gasteiger partial charge < -0.3 is 24.8 Å². The van der Waals surface area contributed by atoms with Crippen LogP contribution in [0.25, 0.3) is 11.1 Å². The normalized spacial score (nSPS) is 11.8. The zero-order chi connectivity index (χ0) is 21.8. The number of esters is 1. The van der Waals surface area contributed by atoms with Crippen LogP contribution in [0.2, 0.25) is 0 Å². The molecule has 160 valence electrons.